The number of hydrogen-bond donors (Lipinski definition) is 3. The molecule has 3 rings (SSSR count). The average Bonchev–Trinajstić information content (AvgIpc) is 2.50. The van der Waals surface area contributed by atoms with Gasteiger partial charge in [0.15, 0.2) is 0 Å². The Balaban J connectivity index is 2.40. The second-order valence-electron chi connectivity index (χ2n) is 4.63. The second-order valence-corrected chi connectivity index (χ2v) is 5.01. The summed E-state index contributed by atoms with van der Waals surface area (Å²) in [6, 6.07) is 15.9. The number of benzene rings is 3. The number of fused-ring (bicyclic) bond motifs is 2. The van der Waals surface area contributed by atoms with Gasteiger partial charge in [-0.1, -0.05) is 60.1 Å². The van der Waals surface area contributed by atoms with E-state index in [1.165, 1.54) is 0 Å². The Morgan fingerprint density at radius 3 is 1.86 bits per heavy atom. The Labute approximate surface area is 126 Å². The fourth-order valence-electron chi connectivity index (χ4n) is 2.44. The molecule has 0 spiro atoms. The van der Waals surface area contributed by atoms with Crippen molar-refractivity contribution >= 4 is 45.3 Å². The second kappa shape index (κ2) is 5.42. The predicted molar refractivity (Wildman–Crippen MR) is 88.4 cm³/mol. The van der Waals surface area contributed by atoms with E-state index in [0.29, 0.717) is 0 Å². The van der Waals surface area contributed by atoms with Crippen LogP contribution in [0, 0.1) is 0 Å². The van der Waals surface area contributed by atoms with Crippen LogP contribution in [-0.4, -0.2) is 12.2 Å². The van der Waals surface area contributed by atoms with Crippen molar-refractivity contribution in [1.82, 2.24) is 0 Å². The van der Waals surface area contributed by atoms with Crippen molar-refractivity contribution in [2.75, 3.05) is 0 Å². The van der Waals surface area contributed by atoms with E-state index in [0.717, 1.165) is 32.1 Å². The Kier molecular flexibility index (Phi) is 3.46. The molecule has 104 valence electrons. The van der Waals surface area contributed by atoms with Crippen LogP contribution in [-0.2, 0) is 0 Å². The number of hydrazone groups is 1. The normalized spacial score (nSPS) is 11.3. The smallest absolute Gasteiger partial charge is 0.256 e. The molecule has 0 aliphatic rings. The first-order valence-electron chi connectivity index (χ1n) is 6.45. The van der Waals surface area contributed by atoms with Gasteiger partial charge >= 0.3 is 0 Å². The Morgan fingerprint density at radius 2 is 1.38 bits per heavy atom. The molecular weight excluding hydrogens is 284 g/mol. The van der Waals surface area contributed by atoms with E-state index in [-0.39, 0.29) is 5.96 Å². The van der Waals surface area contributed by atoms with E-state index in [1.807, 2.05) is 48.5 Å². The molecule has 3 aromatic carbocycles. The van der Waals surface area contributed by atoms with E-state index >= 15 is 0 Å². The minimum Gasteiger partial charge on any atom is -0.365 e. The first-order chi connectivity index (χ1) is 10.2. The number of halogens is 1. The molecule has 0 radical (unpaired) electrons. The van der Waals surface area contributed by atoms with E-state index in [2.05, 4.69) is 10.2 Å². The molecule has 0 aliphatic heterocycles. The Hall–Kier alpha value is -2.59. The average molecular weight is 298 g/mol. The summed E-state index contributed by atoms with van der Waals surface area (Å²) in [6.07, 6.45) is 1.78. The van der Waals surface area contributed by atoms with Crippen LogP contribution in [0.5, 0.6) is 0 Å². The highest BCUT2D eigenvalue weighted by Gasteiger charge is 2.12. The molecule has 0 saturated carbocycles. The summed E-state index contributed by atoms with van der Waals surface area (Å²) in [7, 11) is 0. The largest absolute Gasteiger partial charge is 0.365 e. The van der Waals surface area contributed by atoms with Crippen LogP contribution in [0.2, 0.25) is 5.02 Å². The molecule has 0 atom stereocenters. The molecule has 0 heterocycles. The maximum Gasteiger partial charge on any atom is 0.256 e. The van der Waals surface area contributed by atoms with Crippen LogP contribution in [0.1, 0.15) is 5.56 Å². The van der Waals surface area contributed by atoms with Crippen LogP contribution >= 0.6 is 11.6 Å². The molecule has 0 amide bonds. The van der Waals surface area contributed by atoms with E-state index in [9.17, 15) is 0 Å². The van der Waals surface area contributed by atoms with Crippen molar-refractivity contribution in [1.29, 1.82) is 0 Å². The minimum atomic E-state index is -0.0196. The lowest BCUT2D eigenvalue weighted by molar-refractivity contribution is -0.456. The fourth-order valence-corrected chi connectivity index (χ4v) is 2.77. The van der Waals surface area contributed by atoms with Crippen molar-refractivity contribution in [3.05, 3.63) is 59.1 Å². The number of nitrogens with one attached hydrogen (secondary N) is 1. The molecule has 0 saturated heterocycles. The summed E-state index contributed by atoms with van der Waals surface area (Å²) < 4.78 is 0. The zero-order valence-electron chi connectivity index (χ0n) is 11.2. The molecule has 3 aromatic rings. The predicted octanol–water partition coefficient (Wildman–Crippen LogP) is 1.33. The summed E-state index contributed by atoms with van der Waals surface area (Å²) in [4.78, 5) is 0. The van der Waals surface area contributed by atoms with Crippen LogP contribution in [0.3, 0.4) is 0 Å². The fraction of sp³-hybridized carbons (Fsp3) is 0. The highest BCUT2D eigenvalue weighted by atomic mass is 35.5. The molecule has 21 heavy (non-hydrogen) atoms. The maximum atomic E-state index is 6.53. The lowest BCUT2D eigenvalue weighted by Gasteiger charge is -2.08. The Bertz CT molecular complexity index is 823. The maximum absolute atomic E-state index is 6.53. The van der Waals surface area contributed by atoms with Crippen molar-refractivity contribution in [3.63, 3.8) is 0 Å². The molecule has 0 fully saturated rings. The number of rotatable bonds is 2. The highest BCUT2D eigenvalue weighted by molar-refractivity contribution is 6.41. The third-order valence-corrected chi connectivity index (χ3v) is 3.72. The van der Waals surface area contributed by atoms with Gasteiger partial charge in [-0.15, -0.1) is 5.10 Å². The zero-order valence-corrected chi connectivity index (χ0v) is 11.9. The summed E-state index contributed by atoms with van der Waals surface area (Å²) in [6.45, 7) is 0. The zero-order chi connectivity index (χ0) is 14.8. The minimum absolute atomic E-state index is 0.0196. The topological polar surface area (TPSA) is 78.4 Å². The van der Waals surface area contributed by atoms with E-state index in [4.69, 9.17) is 23.1 Å². The Morgan fingerprint density at radius 1 is 0.905 bits per heavy atom. The van der Waals surface area contributed by atoms with Gasteiger partial charge < -0.3 is 11.5 Å². The number of guanidine groups is 1. The number of nitrogens with two attached hydrogens (primary N) is 2. The third-order valence-electron chi connectivity index (χ3n) is 3.31. The monoisotopic (exact) mass is 297 g/mol. The van der Waals surface area contributed by atoms with Crippen molar-refractivity contribution in [2.24, 2.45) is 16.6 Å². The molecule has 0 bridgehead atoms. The first-order valence-corrected chi connectivity index (χ1v) is 6.82. The lowest BCUT2D eigenvalue weighted by Crippen LogP contribution is -2.63. The SMILES string of the molecule is NC(N)=N/[NH+]=C/c1c2ccccc2c(Cl)c2ccccc12. The summed E-state index contributed by atoms with van der Waals surface area (Å²) >= 11 is 6.53. The van der Waals surface area contributed by atoms with E-state index < -0.39 is 0 Å². The van der Waals surface area contributed by atoms with Gasteiger partial charge in [-0.05, 0) is 10.8 Å². The molecule has 0 aromatic heterocycles. The summed E-state index contributed by atoms with van der Waals surface area (Å²) in [5, 5.41) is 11.4. The number of nitrogens with zero attached hydrogens (tertiary/aromatic N) is 1. The van der Waals surface area contributed by atoms with Crippen molar-refractivity contribution < 1.29 is 5.10 Å². The van der Waals surface area contributed by atoms with Gasteiger partial charge in [0, 0.05) is 15.9 Å². The summed E-state index contributed by atoms with van der Waals surface area (Å²) in [5.41, 5.74) is 11.7. The first kappa shape index (κ1) is 13.4. The standard InChI is InChI=1S/C16H13ClN4/c17-15-12-7-3-1-5-10(12)14(9-20-21-16(18)19)11-6-2-4-8-13(11)15/h1-9H,(H4,18,19,21)/p+1/b20-9+. The summed E-state index contributed by atoms with van der Waals surface area (Å²) in [5.74, 6) is -0.0196. The van der Waals surface area contributed by atoms with Crippen molar-refractivity contribution in [2.45, 2.75) is 0 Å². The van der Waals surface area contributed by atoms with Gasteiger partial charge in [0.2, 0.25) is 6.21 Å². The van der Waals surface area contributed by atoms with Gasteiger partial charge in [0.25, 0.3) is 5.96 Å². The van der Waals surface area contributed by atoms with Gasteiger partial charge in [0.1, 0.15) is 0 Å². The molecule has 4 nitrogen and oxygen atoms in total. The lowest BCUT2D eigenvalue weighted by atomic mass is 9.97. The van der Waals surface area contributed by atoms with Gasteiger partial charge in [-0.25, -0.2) is 0 Å². The van der Waals surface area contributed by atoms with Crippen LogP contribution in [0.4, 0.5) is 0 Å². The van der Waals surface area contributed by atoms with E-state index in [1.54, 1.807) is 6.21 Å². The van der Waals surface area contributed by atoms with Crippen LogP contribution in [0.15, 0.2) is 53.6 Å². The van der Waals surface area contributed by atoms with Gasteiger partial charge in [0.05, 0.1) is 10.6 Å². The van der Waals surface area contributed by atoms with Gasteiger partial charge in [-0.2, -0.15) is 0 Å². The molecule has 0 unspecified atom stereocenters. The van der Waals surface area contributed by atoms with Crippen LogP contribution in [0.25, 0.3) is 21.5 Å². The molecule has 0 aliphatic carbocycles. The number of hydrogen-bond acceptors (Lipinski definition) is 1. The van der Waals surface area contributed by atoms with Crippen molar-refractivity contribution in [3.8, 4) is 0 Å². The van der Waals surface area contributed by atoms with Gasteiger partial charge in [-0.3, -0.25) is 0 Å². The molecule has 5 heteroatoms. The third kappa shape index (κ3) is 2.41. The molecule has 5 N–H and O–H groups in total. The quantitative estimate of drug-likeness (QED) is 0.289. The highest BCUT2D eigenvalue weighted by Crippen LogP contribution is 2.34. The van der Waals surface area contributed by atoms with Crippen LogP contribution < -0.4 is 16.6 Å². The molecular formula is C16H14ClN4+.